The summed E-state index contributed by atoms with van der Waals surface area (Å²) >= 11 is 12.1. The lowest BCUT2D eigenvalue weighted by Crippen LogP contribution is -2.45. The maximum Gasteiger partial charge on any atom is 0.338 e. The molecule has 1 aliphatic heterocycles. The van der Waals surface area contributed by atoms with Gasteiger partial charge in [0.05, 0.1) is 21.7 Å². The van der Waals surface area contributed by atoms with Gasteiger partial charge in [-0.25, -0.2) is 9.59 Å². The van der Waals surface area contributed by atoms with Crippen LogP contribution in [-0.4, -0.2) is 18.1 Å². The number of nitrogens with one attached hydrogen (secondary N) is 2. The Balaban J connectivity index is 1.87. The highest BCUT2D eigenvalue weighted by Crippen LogP contribution is 2.33. The van der Waals surface area contributed by atoms with Crippen LogP contribution in [0.25, 0.3) is 0 Å². The van der Waals surface area contributed by atoms with E-state index in [2.05, 4.69) is 17.6 Å². The van der Waals surface area contributed by atoms with E-state index in [0.29, 0.717) is 32.8 Å². The molecule has 1 aromatic rings. The Kier molecular flexibility index (Phi) is 5.78. The van der Waals surface area contributed by atoms with Gasteiger partial charge < -0.3 is 15.4 Å². The van der Waals surface area contributed by atoms with Gasteiger partial charge in [-0.3, -0.25) is 0 Å². The minimum Gasteiger partial charge on any atom is -0.459 e. The zero-order chi connectivity index (χ0) is 18.8. The van der Waals surface area contributed by atoms with Gasteiger partial charge in [0.25, 0.3) is 0 Å². The summed E-state index contributed by atoms with van der Waals surface area (Å²) in [4.78, 5) is 24.8. The molecule has 3 atom stereocenters. The second kappa shape index (κ2) is 7.89. The number of hydrogen-bond acceptors (Lipinski definition) is 3. The second-order valence-electron chi connectivity index (χ2n) is 7.04. The molecule has 1 aliphatic carbocycles. The number of hydrogen-bond donors (Lipinski definition) is 2. The summed E-state index contributed by atoms with van der Waals surface area (Å²) in [6, 6.07) is 4.04. The Labute approximate surface area is 163 Å². The van der Waals surface area contributed by atoms with Crippen LogP contribution in [0.4, 0.5) is 4.79 Å². The van der Waals surface area contributed by atoms with E-state index in [9.17, 15) is 9.59 Å². The Hall–Kier alpha value is -1.72. The molecule has 7 heteroatoms. The van der Waals surface area contributed by atoms with Gasteiger partial charge in [-0.2, -0.15) is 0 Å². The van der Waals surface area contributed by atoms with Gasteiger partial charge >= 0.3 is 12.0 Å². The fraction of sp³-hybridized carbons (Fsp3) is 0.474. The Bertz CT molecular complexity index is 763. The van der Waals surface area contributed by atoms with Crippen LogP contribution in [0.15, 0.2) is 29.5 Å². The third-order valence-corrected chi connectivity index (χ3v) is 5.67. The first-order valence-electron chi connectivity index (χ1n) is 8.79. The van der Waals surface area contributed by atoms with Crippen molar-refractivity contribution < 1.29 is 14.3 Å². The summed E-state index contributed by atoms with van der Waals surface area (Å²) < 4.78 is 5.77. The van der Waals surface area contributed by atoms with E-state index < -0.39 is 12.0 Å². The lowest BCUT2D eigenvalue weighted by molar-refractivity contribution is -0.146. The number of rotatable bonds is 3. The van der Waals surface area contributed by atoms with E-state index in [0.717, 1.165) is 19.3 Å². The average molecular weight is 397 g/mol. The predicted molar refractivity (Wildman–Crippen MR) is 101 cm³/mol. The Morgan fingerprint density at radius 3 is 2.69 bits per heavy atom. The van der Waals surface area contributed by atoms with Crippen molar-refractivity contribution in [1.82, 2.24) is 10.6 Å². The lowest BCUT2D eigenvalue weighted by atomic mass is 9.88. The van der Waals surface area contributed by atoms with Crippen molar-refractivity contribution in [2.75, 3.05) is 0 Å². The van der Waals surface area contributed by atoms with E-state index in [4.69, 9.17) is 27.9 Å². The maximum absolute atomic E-state index is 12.9. The molecule has 26 heavy (non-hydrogen) atoms. The van der Waals surface area contributed by atoms with Crippen LogP contribution >= 0.6 is 23.2 Å². The smallest absolute Gasteiger partial charge is 0.338 e. The van der Waals surface area contributed by atoms with Crippen molar-refractivity contribution in [2.24, 2.45) is 5.92 Å². The molecule has 0 spiro atoms. The second-order valence-corrected chi connectivity index (χ2v) is 7.86. The summed E-state index contributed by atoms with van der Waals surface area (Å²) in [5.74, 6) is 0.136. The third-order valence-electron chi connectivity index (χ3n) is 4.93. The largest absolute Gasteiger partial charge is 0.459 e. The average Bonchev–Trinajstić information content (AvgIpc) is 2.56. The normalized spacial score (nSPS) is 26.2. The summed E-state index contributed by atoms with van der Waals surface area (Å²) in [5, 5.41) is 6.21. The fourth-order valence-electron chi connectivity index (χ4n) is 3.61. The summed E-state index contributed by atoms with van der Waals surface area (Å²) in [6.45, 7) is 3.87. The molecule has 3 rings (SSSR count). The van der Waals surface area contributed by atoms with Crippen LogP contribution in [-0.2, 0) is 9.53 Å². The van der Waals surface area contributed by atoms with Gasteiger partial charge in [0, 0.05) is 5.70 Å². The van der Waals surface area contributed by atoms with Gasteiger partial charge in [0.15, 0.2) is 0 Å². The van der Waals surface area contributed by atoms with Gasteiger partial charge in [-0.05, 0) is 49.8 Å². The number of urea groups is 1. The highest BCUT2D eigenvalue weighted by Gasteiger charge is 2.34. The molecule has 2 N–H and O–H groups in total. The minimum atomic E-state index is -0.632. The van der Waals surface area contributed by atoms with Crippen LogP contribution in [0.1, 0.15) is 51.1 Å². The molecule has 2 aliphatic rings. The molecular weight excluding hydrogens is 375 g/mol. The maximum atomic E-state index is 12.9. The first kappa shape index (κ1) is 19.1. The topological polar surface area (TPSA) is 67.4 Å². The monoisotopic (exact) mass is 396 g/mol. The van der Waals surface area contributed by atoms with E-state index in [1.807, 2.05) is 0 Å². The zero-order valence-corrected chi connectivity index (χ0v) is 16.3. The minimum absolute atomic E-state index is 0.0846. The van der Waals surface area contributed by atoms with Crippen LogP contribution in [0.3, 0.4) is 0 Å². The summed E-state index contributed by atoms with van der Waals surface area (Å²) in [7, 11) is 0. The number of carbonyl (C=O) groups excluding carboxylic acids is 2. The van der Waals surface area contributed by atoms with Crippen molar-refractivity contribution >= 4 is 35.2 Å². The molecule has 0 radical (unpaired) electrons. The number of carbonyl (C=O) groups is 2. The number of allylic oxidation sites excluding steroid dienone is 1. The molecule has 5 nitrogen and oxygen atoms in total. The number of halogens is 2. The number of ether oxygens (including phenoxy) is 1. The number of benzene rings is 1. The molecule has 1 heterocycles. The quantitative estimate of drug-likeness (QED) is 0.724. The third kappa shape index (κ3) is 4.15. The summed E-state index contributed by atoms with van der Waals surface area (Å²) in [6.07, 6.45) is 3.88. The van der Waals surface area contributed by atoms with Gasteiger partial charge in [-0.1, -0.05) is 42.6 Å². The van der Waals surface area contributed by atoms with E-state index in [1.165, 1.54) is 6.42 Å². The van der Waals surface area contributed by atoms with Crippen molar-refractivity contribution in [3.8, 4) is 0 Å². The van der Waals surface area contributed by atoms with E-state index >= 15 is 0 Å². The number of esters is 1. The highest BCUT2D eigenvalue weighted by atomic mass is 35.5. The summed E-state index contributed by atoms with van der Waals surface area (Å²) in [5.41, 5.74) is 1.55. The van der Waals surface area contributed by atoms with Crippen LogP contribution in [0, 0.1) is 5.92 Å². The standard InChI is InChI=1S/C19H22Cl2N2O3/c1-10-4-3-5-13(8-10)26-18(24)16-11(2)22-19(25)23-17(16)12-6-7-14(20)15(21)9-12/h6-7,9-10,13,17H,3-5,8H2,1-2H3,(H2,22,23,25)/t10-,13+,17-/m1/s1. The van der Waals surface area contributed by atoms with Gasteiger partial charge in [-0.15, -0.1) is 0 Å². The lowest BCUT2D eigenvalue weighted by Gasteiger charge is -2.31. The number of amides is 2. The van der Waals surface area contributed by atoms with Crippen molar-refractivity contribution in [3.05, 3.63) is 45.1 Å². The molecule has 140 valence electrons. The molecule has 2 amide bonds. The molecule has 1 aromatic carbocycles. The molecule has 0 saturated heterocycles. The highest BCUT2D eigenvalue weighted by molar-refractivity contribution is 6.42. The van der Waals surface area contributed by atoms with Crippen molar-refractivity contribution in [2.45, 2.75) is 51.7 Å². The Morgan fingerprint density at radius 1 is 1.23 bits per heavy atom. The SMILES string of the molecule is CC1=C(C(=O)O[C@H]2CCC[C@@H](C)C2)[C@@H](c2ccc(Cl)c(Cl)c2)NC(=O)N1. The zero-order valence-electron chi connectivity index (χ0n) is 14.8. The van der Waals surface area contributed by atoms with Crippen LogP contribution in [0.2, 0.25) is 10.0 Å². The first-order valence-corrected chi connectivity index (χ1v) is 9.55. The molecular formula is C19H22Cl2N2O3. The molecule has 1 saturated carbocycles. The molecule has 0 aromatic heterocycles. The molecule has 1 fully saturated rings. The van der Waals surface area contributed by atoms with Crippen LogP contribution < -0.4 is 10.6 Å². The first-order chi connectivity index (χ1) is 12.3. The van der Waals surface area contributed by atoms with Gasteiger partial charge in [0.1, 0.15) is 6.10 Å². The van der Waals surface area contributed by atoms with E-state index in [1.54, 1.807) is 25.1 Å². The fourth-order valence-corrected chi connectivity index (χ4v) is 3.91. The van der Waals surface area contributed by atoms with Crippen molar-refractivity contribution in [3.63, 3.8) is 0 Å². The molecule has 0 bridgehead atoms. The Morgan fingerprint density at radius 2 is 2.00 bits per heavy atom. The van der Waals surface area contributed by atoms with Crippen LogP contribution in [0.5, 0.6) is 0 Å². The van der Waals surface area contributed by atoms with Gasteiger partial charge in [0.2, 0.25) is 0 Å². The van der Waals surface area contributed by atoms with Crippen molar-refractivity contribution in [1.29, 1.82) is 0 Å². The predicted octanol–water partition coefficient (Wildman–Crippen LogP) is 4.74. The van der Waals surface area contributed by atoms with E-state index in [-0.39, 0.29) is 12.1 Å². The molecule has 0 unspecified atom stereocenters.